The lowest BCUT2D eigenvalue weighted by Crippen LogP contribution is -2.25. The molecule has 2 aromatic rings. The second kappa shape index (κ2) is 5.51. The lowest BCUT2D eigenvalue weighted by atomic mass is 10.1. The second-order valence-corrected chi connectivity index (χ2v) is 7.65. The molecule has 1 aromatic heterocycles. The van der Waals surface area contributed by atoms with Crippen molar-refractivity contribution in [3.8, 4) is 0 Å². The molecule has 0 unspecified atom stereocenters. The summed E-state index contributed by atoms with van der Waals surface area (Å²) in [5.74, 6) is 0. The van der Waals surface area contributed by atoms with Crippen molar-refractivity contribution in [1.29, 1.82) is 0 Å². The summed E-state index contributed by atoms with van der Waals surface area (Å²) < 4.78 is 27.3. The minimum atomic E-state index is -3.64. The van der Waals surface area contributed by atoms with Crippen molar-refractivity contribution in [3.05, 3.63) is 39.3 Å². The molecule has 108 valence electrons. The van der Waals surface area contributed by atoms with Crippen LogP contribution in [0.25, 0.3) is 0 Å². The highest BCUT2D eigenvalue weighted by atomic mass is 32.2. The third-order valence-corrected chi connectivity index (χ3v) is 5.48. The van der Waals surface area contributed by atoms with Gasteiger partial charge in [0.1, 0.15) is 9.90 Å². The van der Waals surface area contributed by atoms with E-state index in [1.807, 2.05) is 13.0 Å². The summed E-state index contributed by atoms with van der Waals surface area (Å²) in [6, 6.07) is 3.57. The van der Waals surface area contributed by atoms with Crippen molar-refractivity contribution in [1.82, 2.24) is 9.71 Å². The molecule has 20 heavy (non-hydrogen) atoms. The number of rotatable bonds is 4. The van der Waals surface area contributed by atoms with Crippen LogP contribution in [0.3, 0.4) is 0 Å². The van der Waals surface area contributed by atoms with Gasteiger partial charge in [-0.2, -0.15) is 0 Å². The van der Waals surface area contributed by atoms with Gasteiger partial charge >= 0.3 is 0 Å². The monoisotopic (exact) mass is 311 g/mol. The molecule has 0 aliphatic rings. The van der Waals surface area contributed by atoms with E-state index in [2.05, 4.69) is 9.71 Å². The first-order valence-electron chi connectivity index (χ1n) is 6.08. The molecule has 1 heterocycles. The number of hydrogen-bond donors (Lipinski definition) is 2. The molecule has 3 N–H and O–H groups in total. The summed E-state index contributed by atoms with van der Waals surface area (Å²) in [4.78, 5) is 5.34. The Kier molecular flexibility index (Phi) is 4.12. The number of aryl methyl sites for hydroxylation is 3. The lowest BCUT2D eigenvalue weighted by molar-refractivity contribution is 0.581. The SMILES string of the molecule is Cc1cnc(CNS(=O)(=O)c2c(C)ccc(C)c2N)s1. The van der Waals surface area contributed by atoms with Crippen LogP contribution in [0.5, 0.6) is 0 Å². The number of sulfonamides is 1. The Morgan fingerprint density at radius 1 is 1.25 bits per heavy atom. The third kappa shape index (κ3) is 3.00. The molecule has 0 saturated heterocycles. The normalized spacial score (nSPS) is 11.8. The summed E-state index contributed by atoms with van der Waals surface area (Å²) in [7, 11) is -3.64. The van der Waals surface area contributed by atoms with E-state index in [-0.39, 0.29) is 11.4 Å². The maximum atomic E-state index is 12.4. The van der Waals surface area contributed by atoms with Gasteiger partial charge in [0.05, 0.1) is 12.2 Å². The number of thiazole rings is 1. The van der Waals surface area contributed by atoms with Gasteiger partial charge in [0.25, 0.3) is 0 Å². The minimum absolute atomic E-state index is 0.158. The molecule has 5 nitrogen and oxygen atoms in total. The van der Waals surface area contributed by atoms with Crippen molar-refractivity contribution in [2.75, 3.05) is 5.73 Å². The smallest absolute Gasteiger partial charge is 0.243 e. The first kappa shape index (κ1) is 15.0. The van der Waals surface area contributed by atoms with Gasteiger partial charge in [0.2, 0.25) is 10.0 Å². The number of nitrogens with two attached hydrogens (primary N) is 1. The van der Waals surface area contributed by atoms with E-state index >= 15 is 0 Å². The van der Waals surface area contributed by atoms with Crippen LogP contribution in [-0.4, -0.2) is 13.4 Å². The van der Waals surface area contributed by atoms with E-state index < -0.39 is 10.0 Å². The fourth-order valence-corrected chi connectivity index (χ4v) is 4.11. The maximum absolute atomic E-state index is 12.4. The molecule has 7 heteroatoms. The van der Waals surface area contributed by atoms with Crippen LogP contribution in [-0.2, 0) is 16.6 Å². The highest BCUT2D eigenvalue weighted by Crippen LogP contribution is 2.26. The Morgan fingerprint density at radius 3 is 2.50 bits per heavy atom. The molecule has 0 fully saturated rings. The highest BCUT2D eigenvalue weighted by Gasteiger charge is 2.21. The molecule has 0 bridgehead atoms. The van der Waals surface area contributed by atoms with Crippen LogP contribution in [0.1, 0.15) is 21.0 Å². The Balaban J connectivity index is 2.29. The van der Waals surface area contributed by atoms with E-state index in [1.54, 1.807) is 26.1 Å². The van der Waals surface area contributed by atoms with Gasteiger partial charge < -0.3 is 5.73 Å². The molecular weight excluding hydrogens is 294 g/mol. The fraction of sp³-hybridized carbons (Fsp3) is 0.308. The number of hydrogen-bond acceptors (Lipinski definition) is 5. The van der Waals surface area contributed by atoms with Gasteiger partial charge in [-0.05, 0) is 31.9 Å². The molecule has 0 aliphatic carbocycles. The van der Waals surface area contributed by atoms with Crippen LogP contribution in [0.4, 0.5) is 5.69 Å². The molecule has 0 amide bonds. The van der Waals surface area contributed by atoms with Crippen LogP contribution in [0.2, 0.25) is 0 Å². The molecular formula is C13H17N3O2S2. The van der Waals surface area contributed by atoms with E-state index in [9.17, 15) is 8.42 Å². The van der Waals surface area contributed by atoms with E-state index in [0.717, 1.165) is 15.4 Å². The van der Waals surface area contributed by atoms with E-state index in [1.165, 1.54) is 11.3 Å². The van der Waals surface area contributed by atoms with Crippen LogP contribution < -0.4 is 10.5 Å². The standard InChI is InChI=1S/C13H17N3O2S2/c1-8-4-5-9(2)13(12(8)14)20(17,18)16-7-11-15-6-10(3)19-11/h4-6,16H,7,14H2,1-3H3. The van der Waals surface area contributed by atoms with Crippen molar-refractivity contribution in [3.63, 3.8) is 0 Å². The molecule has 1 aromatic carbocycles. The topological polar surface area (TPSA) is 85.1 Å². The second-order valence-electron chi connectivity index (χ2n) is 4.63. The van der Waals surface area contributed by atoms with Gasteiger partial charge in [-0.15, -0.1) is 11.3 Å². The summed E-state index contributed by atoms with van der Waals surface area (Å²) in [6.07, 6.45) is 1.72. The lowest BCUT2D eigenvalue weighted by Gasteiger charge is -2.13. The van der Waals surface area contributed by atoms with Crippen molar-refractivity contribution >= 4 is 27.0 Å². The zero-order chi connectivity index (χ0) is 14.9. The Hall–Kier alpha value is -1.44. The third-order valence-electron chi connectivity index (χ3n) is 2.96. The largest absolute Gasteiger partial charge is 0.397 e. The average Bonchev–Trinajstić information content (AvgIpc) is 2.78. The predicted octanol–water partition coefficient (Wildman–Crippen LogP) is 2.13. The van der Waals surface area contributed by atoms with E-state index in [0.29, 0.717) is 11.3 Å². The van der Waals surface area contributed by atoms with Gasteiger partial charge in [-0.1, -0.05) is 12.1 Å². The number of benzene rings is 1. The van der Waals surface area contributed by atoms with Crippen LogP contribution >= 0.6 is 11.3 Å². The van der Waals surface area contributed by atoms with Gasteiger partial charge in [0, 0.05) is 11.1 Å². The fourth-order valence-electron chi connectivity index (χ4n) is 1.88. The predicted molar refractivity (Wildman–Crippen MR) is 81.2 cm³/mol. The number of anilines is 1. The first-order chi connectivity index (χ1) is 9.31. The van der Waals surface area contributed by atoms with Gasteiger partial charge in [0.15, 0.2) is 0 Å². The summed E-state index contributed by atoms with van der Waals surface area (Å²) >= 11 is 1.47. The summed E-state index contributed by atoms with van der Waals surface area (Å²) in [5.41, 5.74) is 7.60. The number of nitrogens with zero attached hydrogens (tertiary/aromatic N) is 1. The first-order valence-corrected chi connectivity index (χ1v) is 8.38. The average molecular weight is 311 g/mol. The quantitative estimate of drug-likeness (QED) is 0.847. The molecule has 0 spiro atoms. The van der Waals surface area contributed by atoms with Crippen LogP contribution in [0.15, 0.2) is 23.2 Å². The van der Waals surface area contributed by atoms with Gasteiger partial charge in [-0.3, -0.25) is 0 Å². The van der Waals surface area contributed by atoms with Crippen molar-refractivity contribution < 1.29 is 8.42 Å². The summed E-state index contributed by atoms with van der Waals surface area (Å²) in [6.45, 7) is 5.63. The number of nitrogen functional groups attached to an aromatic ring is 1. The number of aromatic nitrogens is 1. The van der Waals surface area contributed by atoms with Crippen molar-refractivity contribution in [2.24, 2.45) is 0 Å². The zero-order valence-electron chi connectivity index (χ0n) is 11.6. The summed E-state index contributed by atoms with van der Waals surface area (Å²) in [5, 5.41) is 0.731. The molecule has 0 radical (unpaired) electrons. The molecule has 2 rings (SSSR count). The number of nitrogens with one attached hydrogen (secondary N) is 1. The molecule has 0 aliphatic heterocycles. The zero-order valence-corrected chi connectivity index (χ0v) is 13.2. The minimum Gasteiger partial charge on any atom is -0.397 e. The Morgan fingerprint density at radius 2 is 1.90 bits per heavy atom. The van der Waals surface area contributed by atoms with E-state index in [4.69, 9.17) is 5.73 Å². The maximum Gasteiger partial charge on any atom is 0.243 e. The Labute approximate surface area is 122 Å². The van der Waals surface area contributed by atoms with Gasteiger partial charge in [-0.25, -0.2) is 18.1 Å². The molecule has 0 saturated carbocycles. The highest BCUT2D eigenvalue weighted by molar-refractivity contribution is 7.89. The molecule has 0 atom stereocenters. The van der Waals surface area contributed by atoms with Crippen molar-refractivity contribution in [2.45, 2.75) is 32.2 Å². The van der Waals surface area contributed by atoms with Crippen LogP contribution in [0, 0.1) is 20.8 Å². The Bertz CT molecular complexity index is 736.